The number of nitrogens with one attached hydrogen (secondary N) is 1. The minimum atomic E-state index is -0.365. The van der Waals surface area contributed by atoms with Crippen LogP contribution in [0, 0.1) is 12.8 Å². The first-order valence-corrected chi connectivity index (χ1v) is 14.4. The van der Waals surface area contributed by atoms with Crippen molar-refractivity contribution < 1.29 is 23.8 Å². The van der Waals surface area contributed by atoms with Gasteiger partial charge >= 0.3 is 0 Å². The van der Waals surface area contributed by atoms with E-state index in [1.807, 2.05) is 19.1 Å². The monoisotopic (exact) mass is 629 g/mol. The molecule has 3 rings (SSSR count). The lowest BCUT2D eigenvalue weighted by atomic mass is 10.0. The Morgan fingerprint density at radius 1 is 1.26 bits per heavy atom. The topological polar surface area (TPSA) is 108 Å². The predicted molar refractivity (Wildman–Crippen MR) is 169 cm³/mol. The highest BCUT2D eigenvalue weighted by molar-refractivity contribution is 6.33. The first-order chi connectivity index (χ1) is 20.7. The number of amides is 2. The molecule has 0 aliphatic heterocycles. The molecule has 0 aromatic carbocycles. The second kappa shape index (κ2) is 16.1. The van der Waals surface area contributed by atoms with Gasteiger partial charge in [-0.15, -0.1) is 11.6 Å². The molecule has 1 aliphatic carbocycles. The number of pyridine rings is 1. The van der Waals surface area contributed by atoms with E-state index < -0.39 is 0 Å². The van der Waals surface area contributed by atoms with Gasteiger partial charge in [0, 0.05) is 31.5 Å². The van der Waals surface area contributed by atoms with Crippen LogP contribution in [0.2, 0.25) is 0 Å². The summed E-state index contributed by atoms with van der Waals surface area (Å²) in [7, 11) is 4.58. The first-order valence-electron chi connectivity index (χ1n) is 13.5. The van der Waals surface area contributed by atoms with E-state index in [0.717, 1.165) is 30.4 Å². The van der Waals surface area contributed by atoms with E-state index in [1.165, 1.54) is 20.3 Å². The quantitative estimate of drug-likeness (QED) is 0.0791. The summed E-state index contributed by atoms with van der Waals surface area (Å²) in [6, 6.07) is 1.88. The number of carbonyl (C=O) groups excluding carboxylic acids is 2. The molecule has 2 aromatic rings. The maximum absolute atomic E-state index is 12.3. The van der Waals surface area contributed by atoms with Crippen molar-refractivity contribution in [2.24, 2.45) is 5.92 Å². The van der Waals surface area contributed by atoms with Crippen molar-refractivity contribution in [3.63, 3.8) is 0 Å². The molecule has 0 spiro atoms. The van der Waals surface area contributed by atoms with Crippen molar-refractivity contribution in [3.8, 4) is 11.4 Å². The number of alkyl halides is 1. The number of aromatic nitrogens is 3. The number of methoxy groups -OCH3 is 3. The average Bonchev–Trinajstić information content (AvgIpc) is 3.76. The van der Waals surface area contributed by atoms with Crippen molar-refractivity contribution in [2.45, 2.75) is 26.3 Å². The van der Waals surface area contributed by atoms with Gasteiger partial charge in [0.2, 0.25) is 12.3 Å². The van der Waals surface area contributed by atoms with Crippen LogP contribution in [0.15, 0.2) is 71.6 Å². The van der Waals surface area contributed by atoms with E-state index in [4.69, 9.17) is 42.4 Å². The van der Waals surface area contributed by atoms with Crippen LogP contribution in [0.3, 0.4) is 0 Å². The van der Waals surface area contributed by atoms with Gasteiger partial charge in [0.15, 0.2) is 0 Å². The average molecular weight is 631 g/mol. The van der Waals surface area contributed by atoms with Gasteiger partial charge in [-0.25, -0.2) is 0 Å². The second-order valence-electron chi connectivity index (χ2n) is 9.78. The number of hydrogen-bond donors (Lipinski definition) is 1. The van der Waals surface area contributed by atoms with Crippen LogP contribution in [0.1, 0.15) is 24.0 Å². The van der Waals surface area contributed by atoms with Gasteiger partial charge in [0.05, 0.1) is 61.6 Å². The number of halogens is 2. The molecule has 1 N–H and O–H groups in total. The largest absolute Gasteiger partial charge is 0.500 e. The first kappa shape index (κ1) is 33.6. The molecule has 0 atom stereocenters. The molecule has 0 bridgehead atoms. The standard InChI is InChI=1S/C31H37Cl2N5O5/c1-7-29(40)36-26-17-35-38(10-11-41-4)31(26)25-12-20(2)23(16-34-25)13-27(37(19-39)18-22-8-9-22)21(3)30(33)28(43-6)14-24(15-32)42-5/h7,12-14,16-17,19,22H,1,3,8-11,15,18H2,2,4-6H3,(H,36,40)/b24-14+,27-13-,30-28-. The van der Waals surface area contributed by atoms with E-state index in [1.54, 1.807) is 35.2 Å². The maximum atomic E-state index is 12.3. The van der Waals surface area contributed by atoms with Crippen molar-refractivity contribution in [3.05, 3.63) is 82.7 Å². The zero-order valence-electron chi connectivity index (χ0n) is 24.9. The molecule has 0 unspecified atom stereocenters. The fraction of sp³-hybridized carbons (Fsp3) is 0.355. The zero-order valence-corrected chi connectivity index (χ0v) is 26.4. The van der Waals surface area contributed by atoms with Gasteiger partial charge in [0.1, 0.15) is 17.2 Å². The SMILES string of the molecule is C=CC(=O)Nc1cnn(CCOC)c1-c1cc(C)c(/C=C(/C(=C)/C(Cl)=C(\C=C(/CCl)OC)OC)N(C=O)CC2CC2)cn1. The molecule has 12 heteroatoms. The van der Waals surface area contributed by atoms with Crippen LogP contribution in [0.4, 0.5) is 5.69 Å². The lowest BCUT2D eigenvalue weighted by Crippen LogP contribution is -2.25. The Balaban J connectivity index is 2.11. The Morgan fingerprint density at radius 2 is 2.00 bits per heavy atom. The Morgan fingerprint density at radius 3 is 2.56 bits per heavy atom. The summed E-state index contributed by atoms with van der Waals surface area (Å²) in [4.78, 5) is 30.7. The maximum Gasteiger partial charge on any atom is 0.247 e. The minimum Gasteiger partial charge on any atom is -0.500 e. The number of anilines is 1. The molecule has 230 valence electrons. The Kier molecular flexibility index (Phi) is 12.6. The van der Waals surface area contributed by atoms with E-state index in [9.17, 15) is 9.59 Å². The van der Waals surface area contributed by atoms with Crippen molar-refractivity contribution in [2.75, 3.05) is 45.7 Å². The van der Waals surface area contributed by atoms with Crippen LogP contribution in [0.5, 0.6) is 0 Å². The summed E-state index contributed by atoms with van der Waals surface area (Å²) in [6.45, 7) is 11.1. The Labute approximate surface area is 262 Å². The summed E-state index contributed by atoms with van der Waals surface area (Å²) < 4.78 is 17.7. The van der Waals surface area contributed by atoms with E-state index >= 15 is 0 Å². The highest BCUT2D eigenvalue weighted by Crippen LogP contribution is 2.35. The number of carbonyl (C=O) groups is 2. The van der Waals surface area contributed by atoms with Gasteiger partial charge in [-0.3, -0.25) is 19.3 Å². The summed E-state index contributed by atoms with van der Waals surface area (Å²) in [6.07, 6.45) is 10.7. The number of aryl methyl sites for hydroxylation is 1. The van der Waals surface area contributed by atoms with Gasteiger partial charge in [0.25, 0.3) is 0 Å². The lowest BCUT2D eigenvalue weighted by Gasteiger charge is -2.24. The van der Waals surface area contributed by atoms with Crippen molar-refractivity contribution in [1.29, 1.82) is 0 Å². The Bertz CT molecular complexity index is 1440. The number of ether oxygens (including phenoxy) is 3. The summed E-state index contributed by atoms with van der Waals surface area (Å²) in [5.41, 5.74) is 4.17. The fourth-order valence-corrected chi connectivity index (χ4v) is 4.58. The van der Waals surface area contributed by atoms with Gasteiger partial charge in [-0.2, -0.15) is 5.10 Å². The molecule has 0 saturated heterocycles. The summed E-state index contributed by atoms with van der Waals surface area (Å²) in [5.74, 6) is 0.891. The number of nitrogens with zero attached hydrogens (tertiary/aromatic N) is 4. The summed E-state index contributed by atoms with van der Waals surface area (Å²) in [5, 5.41) is 7.40. The highest BCUT2D eigenvalue weighted by atomic mass is 35.5. The third-order valence-electron chi connectivity index (χ3n) is 6.76. The van der Waals surface area contributed by atoms with E-state index in [0.29, 0.717) is 59.7 Å². The smallest absolute Gasteiger partial charge is 0.247 e. The normalized spacial score (nSPS) is 14.1. The number of allylic oxidation sites excluding steroid dienone is 3. The van der Waals surface area contributed by atoms with E-state index in [2.05, 4.69) is 23.6 Å². The minimum absolute atomic E-state index is 0.116. The van der Waals surface area contributed by atoms with Gasteiger partial charge in [-0.05, 0) is 55.0 Å². The number of rotatable bonds is 17. The van der Waals surface area contributed by atoms with Crippen LogP contribution in [-0.2, 0) is 30.3 Å². The van der Waals surface area contributed by atoms with Crippen LogP contribution in [0.25, 0.3) is 17.5 Å². The van der Waals surface area contributed by atoms with Crippen LogP contribution >= 0.6 is 23.2 Å². The molecule has 1 aliphatic rings. The molecule has 2 amide bonds. The Hall–Kier alpha value is -3.86. The predicted octanol–water partition coefficient (Wildman–Crippen LogP) is 5.66. The molecule has 43 heavy (non-hydrogen) atoms. The van der Waals surface area contributed by atoms with Crippen molar-refractivity contribution in [1.82, 2.24) is 19.7 Å². The molecule has 0 radical (unpaired) electrons. The lowest BCUT2D eigenvalue weighted by molar-refractivity contribution is -0.116. The molecule has 1 fully saturated rings. The third kappa shape index (κ3) is 8.82. The van der Waals surface area contributed by atoms with Gasteiger partial charge in [-0.1, -0.05) is 24.8 Å². The molecular weight excluding hydrogens is 593 g/mol. The highest BCUT2D eigenvalue weighted by Gasteiger charge is 2.27. The third-order valence-corrected chi connectivity index (χ3v) is 7.44. The van der Waals surface area contributed by atoms with E-state index in [-0.39, 0.29) is 22.6 Å². The molecule has 2 heterocycles. The zero-order chi connectivity index (χ0) is 31.5. The molecular formula is C31H37Cl2N5O5. The van der Waals surface area contributed by atoms with Crippen LogP contribution in [-0.4, -0.2) is 72.3 Å². The summed E-state index contributed by atoms with van der Waals surface area (Å²) >= 11 is 12.7. The second-order valence-corrected chi connectivity index (χ2v) is 10.4. The van der Waals surface area contributed by atoms with Gasteiger partial charge < -0.3 is 24.4 Å². The fourth-order valence-electron chi connectivity index (χ4n) is 4.16. The molecule has 1 saturated carbocycles. The number of hydrogen-bond acceptors (Lipinski definition) is 7. The molecule has 10 nitrogen and oxygen atoms in total. The molecule has 2 aromatic heterocycles. The van der Waals surface area contributed by atoms with Crippen LogP contribution < -0.4 is 5.32 Å². The van der Waals surface area contributed by atoms with Crippen molar-refractivity contribution >= 4 is 47.3 Å².